The van der Waals surface area contributed by atoms with Crippen LogP contribution in [0.15, 0.2) is 4.99 Å². The van der Waals surface area contributed by atoms with Gasteiger partial charge < -0.3 is 15.5 Å². The monoisotopic (exact) mass is 259 g/mol. The van der Waals surface area contributed by atoms with Gasteiger partial charge in [0.15, 0.2) is 5.17 Å². The van der Waals surface area contributed by atoms with Gasteiger partial charge in [-0.2, -0.15) is 0 Å². The fourth-order valence-electron chi connectivity index (χ4n) is 2.33. The van der Waals surface area contributed by atoms with Gasteiger partial charge in [0.1, 0.15) is 6.23 Å². The van der Waals surface area contributed by atoms with Gasteiger partial charge in [-0.3, -0.25) is 10.3 Å². The van der Waals surface area contributed by atoms with Crippen LogP contribution in [0.2, 0.25) is 0 Å². The summed E-state index contributed by atoms with van der Waals surface area (Å²) in [5.41, 5.74) is 0. The molecule has 98 valence electrons. The van der Waals surface area contributed by atoms with E-state index in [9.17, 15) is 10.2 Å². The van der Waals surface area contributed by atoms with Gasteiger partial charge in [0.25, 0.3) is 0 Å². The Bertz CT molecular complexity index is 288. The molecule has 0 amide bonds. The second kappa shape index (κ2) is 6.04. The summed E-state index contributed by atoms with van der Waals surface area (Å²) in [6.45, 7) is 0.623. The van der Waals surface area contributed by atoms with Crippen molar-refractivity contribution in [2.75, 3.05) is 13.6 Å². The summed E-state index contributed by atoms with van der Waals surface area (Å²) in [5.74, 6) is 0. The normalized spacial score (nSPS) is 35.5. The molecule has 4 atom stereocenters. The smallest absolute Gasteiger partial charge is 0.156 e. The molecule has 0 aromatic rings. The molecule has 0 saturated heterocycles. The molecule has 4 N–H and O–H groups in total. The van der Waals surface area contributed by atoms with Gasteiger partial charge >= 0.3 is 0 Å². The van der Waals surface area contributed by atoms with Crippen molar-refractivity contribution in [3.05, 3.63) is 0 Å². The molecule has 4 unspecified atom stereocenters. The van der Waals surface area contributed by atoms with Gasteiger partial charge in [0, 0.05) is 13.1 Å². The Kier molecular flexibility index (Phi) is 4.67. The first-order chi connectivity index (χ1) is 8.20. The zero-order chi connectivity index (χ0) is 12.3. The van der Waals surface area contributed by atoms with Gasteiger partial charge in [0.05, 0.1) is 17.9 Å². The maximum absolute atomic E-state index is 10.1. The summed E-state index contributed by atoms with van der Waals surface area (Å²) in [7, 11) is 1.83. The first kappa shape index (κ1) is 13.1. The number of nitrogens with one attached hydrogen (secondary N) is 2. The average Bonchev–Trinajstić information content (AvgIpc) is 2.81. The van der Waals surface area contributed by atoms with E-state index in [4.69, 9.17) is 0 Å². The van der Waals surface area contributed by atoms with Crippen LogP contribution in [-0.4, -0.2) is 52.6 Å². The summed E-state index contributed by atoms with van der Waals surface area (Å²) in [5, 5.41) is 27.0. The standard InChI is InChI=1S/C11H21N3O2S/c1-12-11-13-6-9(17-11)10(16)14-7-4-2-3-5-8(7)15/h7-10,14-16H,2-6H2,1H3,(H,12,13). The van der Waals surface area contributed by atoms with Crippen LogP contribution in [-0.2, 0) is 0 Å². The van der Waals surface area contributed by atoms with Crippen LogP contribution < -0.4 is 10.6 Å². The van der Waals surface area contributed by atoms with E-state index in [-0.39, 0.29) is 17.4 Å². The van der Waals surface area contributed by atoms with Gasteiger partial charge in [-0.05, 0) is 12.8 Å². The number of rotatable bonds is 3. The number of thioether (sulfide) groups is 1. The Morgan fingerprint density at radius 3 is 2.82 bits per heavy atom. The van der Waals surface area contributed by atoms with Crippen LogP contribution in [0.1, 0.15) is 25.7 Å². The third-order valence-corrected chi connectivity index (χ3v) is 4.62. The van der Waals surface area contributed by atoms with E-state index >= 15 is 0 Å². The lowest BCUT2D eigenvalue weighted by Gasteiger charge is -2.31. The highest BCUT2D eigenvalue weighted by molar-refractivity contribution is 8.14. The number of aliphatic hydroxyl groups excluding tert-OH is 2. The van der Waals surface area contributed by atoms with E-state index in [1.807, 2.05) is 7.05 Å². The van der Waals surface area contributed by atoms with Crippen LogP contribution in [0.25, 0.3) is 0 Å². The molecule has 17 heavy (non-hydrogen) atoms. The number of hydrogen-bond acceptors (Lipinski definition) is 6. The van der Waals surface area contributed by atoms with E-state index in [0.29, 0.717) is 6.54 Å². The average molecular weight is 259 g/mol. The first-order valence-corrected chi connectivity index (χ1v) is 7.09. The Labute approximate surface area is 106 Å². The van der Waals surface area contributed by atoms with Gasteiger partial charge in [-0.15, -0.1) is 0 Å². The van der Waals surface area contributed by atoms with Crippen molar-refractivity contribution in [2.24, 2.45) is 4.99 Å². The lowest BCUT2D eigenvalue weighted by Crippen LogP contribution is -2.50. The minimum atomic E-state index is -0.604. The van der Waals surface area contributed by atoms with Crippen molar-refractivity contribution in [1.82, 2.24) is 10.6 Å². The fourth-order valence-corrected chi connectivity index (χ4v) is 3.24. The number of nitrogens with zero attached hydrogens (tertiary/aromatic N) is 1. The van der Waals surface area contributed by atoms with Crippen LogP contribution in [0.4, 0.5) is 0 Å². The van der Waals surface area contributed by atoms with Crippen LogP contribution in [0, 0.1) is 0 Å². The Hall–Kier alpha value is -0.300. The fraction of sp³-hybridized carbons (Fsp3) is 0.909. The largest absolute Gasteiger partial charge is 0.392 e. The number of aliphatic imine (C=N–C) groups is 1. The number of amidine groups is 1. The molecule has 1 saturated carbocycles. The predicted molar refractivity (Wildman–Crippen MR) is 70.1 cm³/mol. The summed E-state index contributed by atoms with van der Waals surface area (Å²) >= 11 is 1.55. The lowest BCUT2D eigenvalue weighted by atomic mass is 9.92. The molecule has 5 nitrogen and oxygen atoms in total. The molecule has 0 aromatic heterocycles. The third kappa shape index (κ3) is 3.34. The van der Waals surface area contributed by atoms with Crippen LogP contribution >= 0.6 is 11.8 Å². The highest BCUT2D eigenvalue weighted by atomic mass is 32.2. The Morgan fingerprint density at radius 2 is 2.18 bits per heavy atom. The SMILES string of the molecule is CNC1=NCC(C(O)NC2CCCCC2O)S1. The van der Waals surface area contributed by atoms with E-state index < -0.39 is 6.23 Å². The van der Waals surface area contributed by atoms with Crippen LogP contribution in [0.5, 0.6) is 0 Å². The zero-order valence-electron chi connectivity index (χ0n) is 10.1. The highest BCUT2D eigenvalue weighted by Gasteiger charge is 2.31. The third-order valence-electron chi connectivity index (χ3n) is 3.36. The maximum Gasteiger partial charge on any atom is 0.156 e. The van der Waals surface area contributed by atoms with E-state index in [1.54, 1.807) is 11.8 Å². The molecule has 2 rings (SSSR count). The number of aliphatic hydroxyl groups is 2. The summed E-state index contributed by atoms with van der Waals surface area (Å²) in [6, 6.07) is 0.0259. The highest BCUT2D eigenvalue weighted by Crippen LogP contribution is 2.24. The first-order valence-electron chi connectivity index (χ1n) is 6.21. The maximum atomic E-state index is 10.1. The topological polar surface area (TPSA) is 76.9 Å². The van der Waals surface area contributed by atoms with Crippen LogP contribution in [0.3, 0.4) is 0 Å². The predicted octanol–water partition coefficient (Wildman–Crippen LogP) is -0.111. The molecule has 1 heterocycles. The summed E-state index contributed by atoms with van der Waals surface area (Å²) < 4.78 is 0. The van der Waals surface area contributed by atoms with Gasteiger partial charge in [-0.25, -0.2) is 0 Å². The lowest BCUT2D eigenvalue weighted by molar-refractivity contribution is 0.0437. The minimum absolute atomic E-state index is 0.0259. The van der Waals surface area contributed by atoms with Crippen molar-refractivity contribution in [3.8, 4) is 0 Å². The quantitative estimate of drug-likeness (QED) is 0.532. The van der Waals surface area contributed by atoms with Gasteiger partial charge in [0.2, 0.25) is 0 Å². The van der Waals surface area contributed by atoms with E-state index in [0.717, 1.165) is 30.9 Å². The minimum Gasteiger partial charge on any atom is -0.392 e. The number of hydrogen-bond donors (Lipinski definition) is 4. The molecule has 1 fully saturated rings. The molecule has 1 aliphatic heterocycles. The molecule has 0 aromatic carbocycles. The zero-order valence-corrected chi connectivity index (χ0v) is 10.9. The molecule has 0 radical (unpaired) electrons. The van der Waals surface area contributed by atoms with Crippen molar-refractivity contribution in [1.29, 1.82) is 0 Å². The van der Waals surface area contributed by atoms with Crippen molar-refractivity contribution >= 4 is 16.9 Å². The van der Waals surface area contributed by atoms with Crippen molar-refractivity contribution < 1.29 is 10.2 Å². The second-order valence-corrected chi connectivity index (χ2v) is 5.85. The Balaban J connectivity index is 1.79. The van der Waals surface area contributed by atoms with E-state index in [2.05, 4.69) is 15.6 Å². The van der Waals surface area contributed by atoms with Crippen molar-refractivity contribution in [3.63, 3.8) is 0 Å². The van der Waals surface area contributed by atoms with Gasteiger partial charge in [-0.1, -0.05) is 24.6 Å². The molecule has 1 aliphatic carbocycles. The Morgan fingerprint density at radius 1 is 1.41 bits per heavy atom. The summed E-state index contributed by atoms with van der Waals surface area (Å²) in [4.78, 5) is 4.27. The summed E-state index contributed by atoms with van der Waals surface area (Å²) in [6.07, 6.45) is 3.05. The molecule has 0 bridgehead atoms. The molecule has 6 heteroatoms. The van der Waals surface area contributed by atoms with Crippen molar-refractivity contribution in [2.45, 2.75) is 49.3 Å². The molecule has 0 spiro atoms. The molecule has 2 aliphatic rings. The van der Waals surface area contributed by atoms with E-state index in [1.165, 1.54) is 0 Å². The molecular weight excluding hydrogens is 238 g/mol. The second-order valence-electron chi connectivity index (χ2n) is 4.62. The molecular formula is C11H21N3O2S.